The van der Waals surface area contributed by atoms with Gasteiger partial charge in [0.05, 0.1) is 0 Å². The average molecular weight is 266 g/mol. The van der Waals surface area contributed by atoms with Gasteiger partial charge in [-0.2, -0.15) is 0 Å². The van der Waals surface area contributed by atoms with Crippen LogP contribution in [0.1, 0.15) is 12.6 Å². The SMILES string of the molecule is CCc1cc(Oc2cc3ccccc3cc2O)ncn1. The summed E-state index contributed by atoms with van der Waals surface area (Å²) in [5.74, 6) is 0.923. The van der Waals surface area contributed by atoms with E-state index in [9.17, 15) is 5.11 Å². The van der Waals surface area contributed by atoms with E-state index in [1.165, 1.54) is 6.33 Å². The van der Waals surface area contributed by atoms with Gasteiger partial charge in [-0.15, -0.1) is 0 Å². The molecule has 0 amide bonds. The van der Waals surface area contributed by atoms with E-state index in [1.807, 2.05) is 31.2 Å². The summed E-state index contributed by atoms with van der Waals surface area (Å²) >= 11 is 0. The number of aromatic hydroxyl groups is 1. The minimum absolute atomic E-state index is 0.0976. The van der Waals surface area contributed by atoms with E-state index < -0.39 is 0 Å². The van der Waals surface area contributed by atoms with Gasteiger partial charge in [0.25, 0.3) is 0 Å². The normalized spacial score (nSPS) is 10.7. The van der Waals surface area contributed by atoms with Crippen LogP contribution in [0.25, 0.3) is 10.8 Å². The van der Waals surface area contributed by atoms with Crippen LogP contribution in [0.15, 0.2) is 48.8 Å². The second-order valence-electron chi connectivity index (χ2n) is 4.47. The van der Waals surface area contributed by atoms with Crippen LogP contribution in [0, 0.1) is 0 Å². The van der Waals surface area contributed by atoms with Crippen molar-refractivity contribution in [1.29, 1.82) is 0 Å². The van der Waals surface area contributed by atoms with Crippen LogP contribution in [0.2, 0.25) is 0 Å². The number of aryl methyl sites for hydroxylation is 1. The Morgan fingerprint density at radius 3 is 2.55 bits per heavy atom. The van der Waals surface area contributed by atoms with Crippen molar-refractivity contribution in [3.63, 3.8) is 0 Å². The molecular formula is C16H14N2O2. The molecule has 4 nitrogen and oxygen atoms in total. The van der Waals surface area contributed by atoms with Crippen molar-refractivity contribution in [2.45, 2.75) is 13.3 Å². The fourth-order valence-electron chi connectivity index (χ4n) is 2.03. The molecule has 0 fully saturated rings. The smallest absolute Gasteiger partial charge is 0.222 e. The molecule has 0 aliphatic heterocycles. The maximum atomic E-state index is 10.0. The van der Waals surface area contributed by atoms with Crippen molar-refractivity contribution in [2.24, 2.45) is 0 Å². The van der Waals surface area contributed by atoms with E-state index in [2.05, 4.69) is 9.97 Å². The Morgan fingerprint density at radius 2 is 1.80 bits per heavy atom. The first-order valence-electron chi connectivity index (χ1n) is 6.47. The molecule has 0 saturated carbocycles. The van der Waals surface area contributed by atoms with Crippen molar-refractivity contribution in [3.8, 4) is 17.4 Å². The van der Waals surface area contributed by atoms with Crippen molar-refractivity contribution in [2.75, 3.05) is 0 Å². The van der Waals surface area contributed by atoms with E-state index in [0.29, 0.717) is 11.6 Å². The highest BCUT2D eigenvalue weighted by molar-refractivity contribution is 5.85. The first-order valence-corrected chi connectivity index (χ1v) is 6.47. The lowest BCUT2D eigenvalue weighted by Gasteiger charge is -2.08. The van der Waals surface area contributed by atoms with Crippen LogP contribution in [0.4, 0.5) is 0 Å². The first-order chi connectivity index (χ1) is 9.76. The van der Waals surface area contributed by atoms with E-state index in [0.717, 1.165) is 22.9 Å². The zero-order chi connectivity index (χ0) is 13.9. The molecule has 1 N–H and O–H groups in total. The number of nitrogens with zero attached hydrogens (tertiary/aromatic N) is 2. The zero-order valence-corrected chi connectivity index (χ0v) is 11.1. The number of aromatic nitrogens is 2. The summed E-state index contributed by atoms with van der Waals surface area (Å²) in [6.45, 7) is 2.01. The second kappa shape index (κ2) is 5.17. The zero-order valence-electron chi connectivity index (χ0n) is 11.1. The third kappa shape index (κ3) is 2.40. The number of rotatable bonds is 3. The van der Waals surface area contributed by atoms with Gasteiger partial charge in [-0.05, 0) is 29.3 Å². The molecule has 1 aromatic heterocycles. The molecule has 1 heterocycles. The molecule has 3 aromatic rings. The molecule has 0 aliphatic rings. The molecule has 0 saturated heterocycles. The molecule has 0 radical (unpaired) electrons. The largest absolute Gasteiger partial charge is 0.504 e. The lowest BCUT2D eigenvalue weighted by atomic mass is 10.1. The molecule has 4 heteroatoms. The standard InChI is InChI=1S/C16H14N2O2/c1-2-13-9-16(18-10-17-13)20-15-8-12-6-4-3-5-11(12)7-14(15)19/h3-10,19H,2H2,1H3. The van der Waals surface area contributed by atoms with Crippen LogP contribution in [-0.2, 0) is 6.42 Å². The van der Waals surface area contributed by atoms with Crippen molar-refractivity contribution < 1.29 is 9.84 Å². The van der Waals surface area contributed by atoms with Crippen LogP contribution >= 0.6 is 0 Å². The minimum Gasteiger partial charge on any atom is -0.504 e. The summed E-state index contributed by atoms with van der Waals surface area (Å²) in [5.41, 5.74) is 0.898. The Kier molecular flexibility index (Phi) is 3.21. The molecule has 0 spiro atoms. The average Bonchev–Trinajstić information content (AvgIpc) is 2.48. The fourth-order valence-corrected chi connectivity index (χ4v) is 2.03. The molecule has 0 bridgehead atoms. The molecular weight excluding hydrogens is 252 g/mol. The molecule has 0 aliphatic carbocycles. The Balaban J connectivity index is 1.99. The van der Waals surface area contributed by atoms with Crippen LogP contribution in [0.3, 0.4) is 0 Å². The highest BCUT2D eigenvalue weighted by atomic mass is 16.5. The van der Waals surface area contributed by atoms with Gasteiger partial charge >= 0.3 is 0 Å². The molecule has 0 unspecified atom stereocenters. The number of hydrogen-bond donors (Lipinski definition) is 1. The van der Waals surface area contributed by atoms with Crippen LogP contribution in [-0.4, -0.2) is 15.1 Å². The Bertz CT molecular complexity index is 756. The number of phenolic OH excluding ortho intramolecular Hbond substituents is 1. The number of benzene rings is 2. The first kappa shape index (κ1) is 12.4. The Morgan fingerprint density at radius 1 is 1.05 bits per heavy atom. The fraction of sp³-hybridized carbons (Fsp3) is 0.125. The van der Waals surface area contributed by atoms with Crippen molar-refractivity contribution in [1.82, 2.24) is 9.97 Å². The van der Waals surface area contributed by atoms with Gasteiger partial charge in [-0.1, -0.05) is 31.2 Å². The summed E-state index contributed by atoms with van der Waals surface area (Å²) in [6, 6.07) is 13.1. The quantitative estimate of drug-likeness (QED) is 0.785. The van der Waals surface area contributed by atoms with Crippen LogP contribution in [0.5, 0.6) is 17.4 Å². The number of ether oxygens (including phenoxy) is 1. The van der Waals surface area contributed by atoms with Crippen LogP contribution < -0.4 is 4.74 Å². The summed E-state index contributed by atoms with van der Waals surface area (Å²) < 4.78 is 5.66. The summed E-state index contributed by atoms with van der Waals surface area (Å²) in [6.07, 6.45) is 2.27. The molecule has 0 atom stereocenters. The van der Waals surface area contributed by atoms with Gasteiger partial charge in [0.2, 0.25) is 5.88 Å². The summed E-state index contributed by atoms with van der Waals surface area (Å²) in [5, 5.41) is 12.0. The minimum atomic E-state index is 0.0976. The molecule has 100 valence electrons. The maximum absolute atomic E-state index is 10.0. The van der Waals surface area contributed by atoms with Gasteiger partial charge in [0.15, 0.2) is 11.5 Å². The highest BCUT2D eigenvalue weighted by Crippen LogP contribution is 2.34. The predicted molar refractivity (Wildman–Crippen MR) is 77.1 cm³/mol. The Labute approximate surface area is 116 Å². The Hall–Kier alpha value is -2.62. The molecule has 2 aromatic carbocycles. The topological polar surface area (TPSA) is 55.2 Å². The maximum Gasteiger partial charge on any atom is 0.222 e. The van der Waals surface area contributed by atoms with E-state index in [4.69, 9.17) is 4.74 Å². The highest BCUT2D eigenvalue weighted by Gasteiger charge is 2.07. The van der Waals surface area contributed by atoms with E-state index >= 15 is 0 Å². The number of phenols is 1. The van der Waals surface area contributed by atoms with Gasteiger partial charge in [0.1, 0.15) is 6.33 Å². The van der Waals surface area contributed by atoms with E-state index in [1.54, 1.807) is 18.2 Å². The van der Waals surface area contributed by atoms with Gasteiger partial charge in [-0.3, -0.25) is 0 Å². The summed E-state index contributed by atoms with van der Waals surface area (Å²) in [7, 11) is 0. The lowest BCUT2D eigenvalue weighted by molar-refractivity contribution is 0.402. The lowest BCUT2D eigenvalue weighted by Crippen LogP contribution is -1.93. The monoisotopic (exact) mass is 266 g/mol. The summed E-state index contributed by atoms with van der Waals surface area (Å²) in [4.78, 5) is 8.18. The third-order valence-electron chi connectivity index (χ3n) is 3.10. The number of fused-ring (bicyclic) bond motifs is 1. The molecule has 20 heavy (non-hydrogen) atoms. The predicted octanol–water partition coefficient (Wildman–Crippen LogP) is 3.69. The molecule has 3 rings (SSSR count). The number of hydrogen-bond acceptors (Lipinski definition) is 4. The van der Waals surface area contributed by atoms with Gasteiger partial charge < -0.3 is 9.84 Å². The van der Waals surface area contributed by atoms with E-state index in [-0.39, 0.29) is 5.75 Å². The third-order valence-corrected chi connectivity index (χ3v) is 3.10. The van der Waals surface area contributed by atoms with Gasteiger partial charge in [-0.25, -0.2) is 9.97 Å². The van der Waals surface area contributed by atoms with Crippen molar-refractivity contribution >= 4 is 10.8 Å². The van der Waals surface area contributed by atoms with Gasteiger partial charge in [0, 0.05) is 11.8 Å². The van der Waals surface area contributed by atoms with Crippen molar-refractivity contribution in [3.05, 3.63) is 54.5 Å². The second-order valence-corrected chi connectivity index (χ2v) is 4.47.